The predicted molar refractivity (Wildman–Crippen MR) is 116 cm³/mol. The summed E-state index contributed by atoms with van der Waals surface area (Å²) in [5.74, 6) is 0.681. The lowest BCUT2D eigenvalue weighted by Crippen LogP contribution is -2.27. The second-order valence-electron chi connectivity index (χ2n) is 8.11. The van der Waals surface area contributed by atoms with Gasteiger partial charge in [0.05, 0.1) is 0 Å². The number of benzene rings is 5. The summed E-state index contributed by atoms with van der Waals surface area (Å²) in [5.41, 5.74) is 8.95. The van der Waals surface area contributed by atoms with E-state index in [0.717, 1.165) is 0 Å². The molecule has 0 heterocycles. The van der Waals surface area contributed by atoms with Gasteiger partial charge >= 0.3 is 0 Å². The van der Waals surface area contributed by atoms with E-state index in [1.807, 2.05) is 0 Å². The molecule has 5 aromatic carbocycles. The molecule has 8 rings (SSSR count). The van der Waals surface area contributed by atoms with E-state index in [-0.39, 0.29) is 0 Å². The van der Waals surface area contributed by atoms with Crippen molar-refractivity contribution in [2.45, 2.75) is 11.8 Å². The predicted octanol–water partition coefficient (Wildman–Crippen LogP) is 6.98. The van der Waals surface area contributed by atoms with E-state index in [1.165, 1.54) is 54.9 Å². The summed E-state index contributed by atoms with van der Waals surface area (Å²) in [5, 5.41) is 5.40. The molecule has 3 aliphatic carbocycles. The molecule has 0 heteroatoms. The minimum atomic E-state index is 0.331. The molecule has 0 N–H and O–H groups in total. The van der Waals surface area contributed by atoms with Crippen LogP contribution in [-0.2, 0) is 0 Å². The molecule has 0 amide bonds. The summed E-state index contributed by atoms with van der Waals surface area (Å²) in [6.07, 6.45) is 0. The number of rotatable bonds is 0. The first-order chi connectivity index (χ1) is 13.9. The van der Waals surface area contributed by atoms with Crippen molar-refractivity contribution in [2.75, 3.05) is 0 Å². The Morgan fingerprint density at radius 1 is 0.393 bits per heavy atom. The van der Waals surface area contributed by atoms with Crippen molar-refractivity contribution in [1.82, 2.24) is 0 Å². The van der Waals surface area contributed by atoms with Crippen LogP contribution in [-0.4, -0.2) is 0 Å². The van der Waals surface area contributed by atoms with Gasteiger partial charge in [-0.25, -0.2) is 0 Å². The first kappa shape index (κ1) is 14.6. The fraction of sp³-hybridized carbons (Fsp3) is 0.0714. The van der Waals surface area contributed by atoms with Crippen LogP contribution in [0.2, 0.25) is 0 Å². The summed E-state index contributed by atoms with van der Waals surface area (Å²) in [4.78, 5) is 0. The first-order valence-corrected chi connectivity index (χ1v) is 10.0. The van der Waals surface area contributed by atoms with Crippen LogP contribution in [0.15, 0.2) is 97.1 Å². The highest BCUT2D eigenvalue weighted by atomic mass is 14.4. The molecule has 28 heavy (non-hydrogen) atoms. The van der Waals surface area contributed by atoms with Crippen molar-refractivity contribution in [3.8, 4) is 0 Å². The summed E-state index contributed by atoms with van der Waals surface area (Å²) >= 11 is 0. The second kappa shape index (κ2) is 5.11. The molecule has 0 spiro atoms. The molecule has 0 aliphatic heterocycles. The van der Waals surface area contributed by atoms with Gasteiger partial charge in [0.15, 0.2) is 0 Å². The fourth-order valence-electron chi connectivity index (χ4n) is 5.68. The van der Waals surface area contributed by atoms with Crippen molar-refractivity contribution >= 4 is 21.5 Å². The lowest BCUT2D eigenvalue weighted by molar-refractivity contribution is 0.761. The first-order valence-electron chi connectivity index (χ1n) is 10.0. The standard InChI is InChI=1S/C28H18/c1-2-8-18-16-25-19(15-17(18)7-1)13-14-24-26-20-9-3-5-11-22(20)27(28(24)25)23-12-6-4-10-21(23)26/h1-16,26-27H. The minimum absolute atomic E-state index is 0.331. The van der Waals surface area contributed by atoms with E-state index < -0.39 is 0 Å². The van der Waals surface area contributed by atoms with Gasteiger partial charge in [0.1, 0.15) is 0 Å². The van der Waals surface area contributed by atoms with Gasteiger partial charge in [0.25, 0.3) is 0 Å². The van der Waals surface area contributed by atoms with Gasteiger partial charge < -0.3 is 0 Å². The Morgan fingerprint density at radius 3 is 1.57 bits per heavy atom. The maximum absolute atomic E-state index is 2.41. The number of hydrogen-bond donors (Lipinski definition) is 0. The zero-order valence-electron chi connectivity index (χ0n) is 15.4. The molecule has 0 aromatic heterocycles. The average Bonchev–Trinajstić information content (AvgIpc) is 2.77. The minimum Gasteiger partial charge on any atom is -0.0619 e. The highest BCUT2D eigenvalue weighted by Crippen LogP contribution is 2.57. The Morgan fingerprint density at radius 2 is 0.929 bits per heavy atom. The molecule has 0 radical (unpaired) electrons. The van der Waals surface area contributed by atoms with Crippen LogP contribution in [0.3, 0.4) is 0 Å². The van der Waals surface area contributed by atoms with Crippen LogP contribution in [0.4, 0.5) is 0 Å². The van der Waals surface area contributed by atoms with Crippen LogP contribution in [0.25, 0.3) is 21.5 Å². The SMILES string of the molecule is c1ccc2c(c1)C1c3ccccc3C2c2c1ccc1cc3ccccc3cc21. The largest absolute Gasteiger partial charge is 0.0619 e. The smallest absolute Gasteiger partial charge is 0.0355 e. The van der Waals surface area contributed by atoms with Gasteiger partial charge in [-0.1, -0.05) is 84.9 Å². The molecule has 5 aromatic rings. The molecule has 0 nitrogen and oxygen atoms in total. The van der Waals surface area contributed by atoms with Crippen molar-refractivity contribution in [2.24, 2.45) is 0 Å². The van der Waals surface area contributed by atoms with E-state index >= 15 is 0 Å². The van der Waals surface area contributed by atoms with Crippen LogP contribution < -0.4 is 0 Å². The molecular formula is C28H18. The molecule has 3 aliphatic rings. The monoisotopic (exact) mass is 354 g/mol. The molecule has 0 fully saturated rings. The molecule has 0 saturated carbocycles. The summed E-state index contributed by atoms with van der Waals surface area (Å²) in [7, 11) is 0. The lowest BCUT2D eigenvalue weighted by Gasteiger charge is -2.42. The van der Waals surface area contributed by atoms with E-state index in [0.29, 0.717) is 11.8 Å². The van der Waals surface area contributed by atoms with Gasteiger partial charge in [-0.15, -0.1) is 0 Å². The van der Waals surface area contributed by atoms with Crippen molar-refractivity contribution in [3.05, 3.63) is 130 Å². The van der Waals surface area contributed by atoms with Crippen LogP contribution >= 0.6 is 0 Å². The van der Waals surface area contributed by atoms with Gasteiger partial charge in [0.2, 0.25) is 0 Å². The van der Waals surface area contributed by atoms with E-state index in [2.05, 4.69) is 97.1 Å². The molecule has 130 valence electrons. The van der Waals surface area contributed by atoms with E-state index in [9.17, 15) is 0 Å². The van der Waals surface area contributed by atoms with Crippen molar-refractivity contribution in [1.29, 1.82) is 0 Å². The van der Waals surface area contributed by atoms with Crippen LogP contribution in [0, 0.1) is 0 Å². The molecule has 2 bridgehead atoms. The molecule has 0 atom stereocenters. The highest BCUT2D eigenvalue weighted by Gasteiger charge is 2.41. The molecule has 0 saturated heterocycles. The summed E-state index contributed by atoms with van der Waals surface area (Å²) < 4.78 is 0. The van der Waals surface area contributed by atoms with Crippen LogP contribution in [0.1, 0.15) is 45.2 Å². The number of hydrogen-bond acceptors (Lipinski definition) is 0. The zero-order chi connectivity index (χ0) is 18.2. The van der Waals surface area contributed by atoms with Crippen molar-refractivity contribution in [3.63, 3.8) is 0 Å². The Hall–Kier alpha value is -3.38. The normalized spacial score (nSPS) is 18.7. The lowest BCUT2D eigenvalue weighted by atomic mass is 9.60. The van der Waals surface area contributed by atoms with Crippen LogP contribution in [0.5, 0.6) is 0 Å². The Kier molecular flexibility index (Phi) is 2.67. The maximum Gasteiger partial charge on any atom is 0.0355 e. The molecular weight excluding hydrogens is 336 g/mol. The van der Waals surface area contributed by atoms with Gasteiger partial charge in [-0.3, -0.25) is 0 Å². The van der Waals surface area contributed by atoms with Gasteiger partial charge in [0, 0.05) is 11.8 Å². The third-order valence-corrected chi connectivity index (χ3v) is 6.80. The fourth-order valence-corrected chi connectivity index (χ4v) is 5.68. The van der Waals surface area contributed by atoms with Gasteiger partial charge in [-0.2, -0.15) is 0 Å². The second-order valence-corrected chi connectivity index (χ2v) is 8.11. The third-order valence-electron chi connectivity index (χ3n) is 6.80. The molecule has 0 unspecified atom stereocenters. The Bertz CT molecular complexity index is 1380. The Labute approximate surface area is 164 Å². The highest BCUT2D eigenvalue weighted by molar-refractivity contribution is 6.01. The summed E-state index contributed by atoms with van der Waals surface area (Å²) in [6.45, 7) is 0. The van der Waals surface area contributed by atoms with Crippen molar-refractivity contribution < 1.29 is 0 Å². The topological polar surface area (TPSA) is 0 Å². The third kappa shape index (κ3) is 1.71. The zero-order valence-corrected chi connectivity index (χ0v) is 15.4. The number of fused-ring (bicyclic) bond motifs is 2. The van der Waals surface area contributed by atoms with E-state index in [4.69, 9.17) is 0 Å². The Balaban J connectivity index is 1.65. The van der Waals surface area contributed by atoms with Gasteiger partial charge in [-0.05, 0) is 67.1 Å². The quantitative estimate of drug-likeness (QED) is 0.258. The van der Waals surface area contributed by atoms with E-state index in [1.54, 1.807) is 0 Å². The summed E-state index contributed by atoms with van der Waals surface area (Å²) in [6, 6.07) is 36.3. The maximum atomic E-state index is 2.41. The average molecular weight is 354 g/mol.